The quantitative estimate of drug-likeness (QED) is 0.791. The van der Waals surface area contributed by atoms with Gasteiger partial charge in [-0.25, -0.2) is 0 Å². The summed E-state index contributed by atoms with van der Waals surface area (Å²) in [6.07, 6.45) is 6.87. The first-order valence-corrected chi connectivity index (χ1v) is 7.31. The Kier molecular flexibility index (Phi) is 2.85. The van der Waals surface area contributed by atoms with E-state index in [4.69, 9.17) is 0 Å². The van der Waals surface area contributed by atoms with Gasteiger partial charge in [-0.1, -0.05) is 27.7 Å². The highest BCUT2D eigenvalue weighted by Gasteiger charge is 2.41. The summed E-state index contributed by atoms with van der Waals surface area (Å²) in [6, 6.07) is 0.438. The number of hydrogen-bond donors (Lipinski definition) is 0. The van der Waals surface area contributed by atoms with Gasteiger partial charge in [0.1, 0.15) is 0 Å². The normalized spacial score (nSPS) is 24.7. The number of rotatable bonds is 1. The monoisotopic (exact) mass is 275 g/mol. The average molecular weight is 275 g/mol. The van der Waals surface area contributed by atoms with Gasteiger partial charge in [-0.3, -0.25) is 9.85 Å². The third kappa shape index (κ3) is 2.41. The number of hydrazone groups is 1. The van der Waals surface area contributed by atoms with Crippen LogP contribution in [0.15, 0.2) is 11.3 Å². The molecule has 2 aliphatic rings. The van der Waals surface area contributed by atoms with Gasteiger partial charge in [0.2, 0.25) is 0 Å². The molecule has 5 nitrogen and oxygen atoms in total. The van der Waals surface area contributed by atoms with Crippen LogP contribution >= 0.6 is 0 Å². The standard InChI is InChI=1S/C15H23N4O/c1-14(2)5-12(6-15(3,4)10-14)18-9-11-7-17-19(20)13(11)8-16-18/h7-8,12H,5-6,9-10H2,1-4H3/q-1. The first-order chi connectivity index (χ1) is 9.26. The summed E-state index contributed by atoms with van der Waals surface area (Å²) < 4.78 is 0. The predicted octanol–water partition coefficient (Wildman–Crippen LogP) is 2.98. The molecular formula is C15H23N4O-. The Labute approximate surface area is 120 Å². The highest BCUT2D eigenvalue weighted by Crippen LogP contribution is 2.47. The first kappa shape index (κ1) is 13.5. The topological polar surface area (TPSA) is 56.5 Å². The Hall–Kier alpha value is -1.52. The van der Waals surface area contributed by atoms with Crippen molar-refractivity contribution in [3.63, 3.8) is 0 Å². The van der Waals surface area contributed by atoms with Crippen molar-refractivity contribution < 1.29 is 0 Å². The van der Waals surface area contributed by atoms with E-state index in [1.807, 2.05) is 0 Å². The second-order valence-corrected chi connectivity index (χ2v) is 7.84. The van der Waals surface area contributed by atoms with E-state index in [9.17, 15) is 5.21 Å². The van der Waals surface area contributed by atoms with Crippen molar-refractivity contribution in [2.45, 2.75) is 59.5 Å². The molecule has 0 N–H and O–H groups in total. The summed E-state index contributed by atoms with van der Waals surface area (Å²) in [4.78, 5) is 0.658. The molecule has 20 heavy (non-hydrogen) atoms. The highest BCUT2D eigenvalue weighted by atomic mass is 16.5. The van der Waals surface area contributed by atoms with Crippen molar-refractivity contribution in [3.05, 3.63) is 22.7 Å². The Morgan fingerprint density at radius 2 is 1.85 bits per heavy atom. The van der Waals surface area contributed by atoms with E-state index < -0.39 is 0 Å². The molecule has 2 heterocycles. The molecule has 1 aromatic heterocycles. The van der Waals surface area contributed by atoms with Crippen LogP contribution in [0.3, 0.4) is 0 Å². The summed E-state index contributed by atoms with van der Waals surface area (Å²) in [5.41, 5.74) is 2.25. The smallest absolute Gasteiger partial charge is 0.0809 e. The van der Waals surface area contributed by atoms with Crippen LogP contribution in [0, 0.1) is 16.0 Å². The summed E-state index contributed by atoms with van der Waals surface area (Å²) in [6.45, 7) is 10.1. The average Bonchev–Trinajstić information content (AvgIpc) is 2.67. The van der Waals surface area contributed by atoms with Crippen LogP contribution in [0.2, 0.25) is 0 Å². The van der Waals surface area contributed by atoms with Crippen molar-refractivity contribution in [2.75, 3.05) is 0 Å². The molecule has 5 heteroatoms. The molecule has 0 radical (unpaired) electrons. The second-order valence-electron chi connectivity index (χ2n) is 7.84. The lowest BCUT2D eigenvalue weighted by molar-refractivity contribution is 0.0212. The van der Waals surface area contributed by atoms with Crippen LogP contribution < -0.4 is 0 Å². The van der Waals surface area contributed by atoms with Gasteiger partial charge in [-0.2, -0.15) is 10.2 Å². The Balaban J connectivity index is 1.81. The number of nitrogens with zero attached hydrogens (tertiary/aromatic N) is 4. The molecular weight excluding hydrogens is 252 g/mol. The summed E-state index contributed by atoms with van der Waals surface area (Å²) >= 11 is 0. The summed E-state index contributed by atoms with van der Waals surface area (Å²) in [5, 5.41) is 21.9. The van der Waals surface area contributed by atoms with Crippen molar-refractivity contribution in [1.29, 1.82) is 0 Å². The molecule has 110 valence electrons. The molecule has 1 fully saturated rings. The van der Waals surface area contributed by atoms with E-state index >= 15 is 0 Å². The maximum Gasteiger partial charge on any atom is 0.0809 e. The fourth-order valence-corrected chi connectivity index (χ4v) is 4.19. The lowest BCUT2D eigenvalue weighted by Gasteiger charge is -2.48. The maximum absolute atomic E-state index is 11.4. The lowest BCUT2D eigenvalue weighted by atomic mass is 9.63. The van der Waals surface area contributed by atoms with Crippen molar-refractivity contribution in [3.8, 4) is 0 Å². The third-order valence-corrected chi connectivity index (χ3v) is 4.47. The van der Waals surface area contributed by atoms with Crippen LogP contribution in [-0.4, -0.2) is 27.2 Å². The van der Waals surface area contributed by atoms with Crippen molar-refractivity contribution in [2.24, 2.45) is 15.9 Å². The zero-order chi connectivity index (χ0) is 14.5. The molecule has 1 saturated carbocycles. The zero-order valence-electron chi connectivity index (χ0n) is 12.8. The second kappa shape index (κ2) is 4.24. The molecule has 0 saturated heterocycles. The Morgan fingerprint density at radius 3 is 2.50 bits per heavy atom. The minimum Gasteiger partial charge on any atom is -0.790 e. The lowest BCUT2D eigenvalue weighted by Crippen LogP contribution is -2.44. The molecule has 1 aromatic rings. The van der Waals surface area contributed by atoms with E-state index in [1.54, 1.807) is 12.4 Å². The third-order valence-electron chi connectivity index (χ3n) is 4.47. The van der Waals surface area contributed by atoms with Crippen LogP contribution in [0.5, 0.6) is 0 Å². The molecule has 0 bridgehead atoms. The Bertz CT molecular complexity index is 528. The van der Waals surface area contributed by atoms with Gasteiger partial charge < -0.3 is 5.21 Å². The minimum absolute atomic E-state index is 0.338. The maximum atomic E-state index is 11.4. The van der Waals surface area contributed by atoms with Crippen LogP contribution in [0.1, 0.15) is 58.2 Å². The van der Waals surface area contributed by atoms with Gasteiger partial charge in [0, 0.05) is 11.6 Å². The Morgan fingerprint density at radius 1 is 1.20 bits per heavy atom. The molecule has 0 aromatic carbocycles. The van der Waals surface area contributed by atoms with Crippen LogP contribution in [0.4, 0.5) is 0 Å². The largest absolute Gasteiger partial charge is 0.790 e. The number of aromatic nitrogens is 2. The van der Waals surface area contributed by atoms with Gasteiger partial charge in [0.25, 0.3) is 0 Å². The molecule has 0 amide bonds. The summed E-state index contributed by atoms with van der Waals surface area (Å²) in [7, 11) is 0. The highest BCUT2D eigenvalue weighted by molar-refractivity contribution is 5.80. The molecule has 1 aliphatic heterocycles. The molecule has 3 rings (SSSR count). The number of hydrogen-bond acceptors (Lipinski definition) is 4. The van der Waals surface area contributed by atoms with E-state index in [2.05, 4.69) is 42.9 Å². The van der Waals surface area contributed by atoms with Crippen LogP contribution in [-0.2, 0) is 6.54 Å². The van der Waals surface area contributed by atoms with Crippen molar-refractivity contribution in [1.82, 2.24) is 15.0 Å². The van der Waals surface area contributed by atoms with Gasteiger partial charge in [0.05, 0.1) is 24.7 Å². The zero-order valence-corrected chi connectivity index (χ0v) is 12.8. The van der Waals surface area contributed by atoms with Gasteiger partial charge in [-0.05, 0) is 30.1 Å². The van der Waals surface area contributed by atoms with Gasteiger partial charge >= 0.3 is 0 Å². The van der Waals surface area contributed by atoms with Gasteiger partial charge in [-0.15, -0.1) is 0 Å². The molecule has 0 spiro atoms. The van der Waals surface area contributed by atoms with Gasteiger partial charge in [0.15, 0.2) is 0 Å². The van der Waals surface area contributed by atoms with Crippen molar-refractivity contribution >= 4 is 6.21 Å². The first-order valence-electron chi connectivity index (χ1n) is 7.31. The molecule has 0 atom stereocenters. The van der Waals surface area contributed by atoms with E-state index in [0.29, 0.717) is 34.0 Å². The van der Waals surface area contributed by atoms with E-state index in [0.717, 1.165) is 18.4 Å². The minimum atomic E-state index is 0.338. The fourth-order valence-electron chi connectivity index (χ4n) is 4.19. The predicted molar refractivity (Wildman–Crippen MR) is 79.3 cm³/mol. The van der Waals surface area contributed by atoms with Crippen LogP contribution in [0.25, 0.3) is 0 Å². The molecule has 1 aliphatic carbocycles. The summed E-state index contributed by atoms with van der Waals surface area (Å²) in [5.74, 6) is 0. The van der Waals surface area contributed by atoms with E-state index in [-0.39, 0.29) is 0 Å². The fraction of sp³-hybridized carbons (Fsp3) is 0.733. The molecule has 0 unspecified atom stereocenters. The number of fused-ring (bicyclic) bond motifs is 1. The van der Waals surface area contributed by atoms with E-state index in [1.165, 1.54) is 6.42 Å². The SMILES string of the molecule is CC1(C)CC(N2Cc3cnn([O-])c3C=N2)CC(C)(C)C1.